The van der Waals surface area contributed by atoms with E-state index in [-0.39, 0.29) is 10.8 Å². The van der Waals surface area contributed by atoms with Gasteiger partial charge in [0, 0.05) is 0 Å². The van der Waals surface area contributed by atoms with Crippen LogP contribution in [-0.2, 0) is 10.8 Å². The molecule has 0 N–H and O–H groups in total. The van der Waals surface area contributed by atoms with Gasteiger partial charge in [0.2, 0.25) is 0 Å². The molecular weight excluding hydrogens is 204 g/mol. The van der Waals surface area contributed by atoms with Gasteiger partial charge in [0.15, 0.2) is 0 Å². The van der Waals surface area contributed by atoms with Crippen LogP contribution in [0.5, 0.6) is 0 Å². The summed E-state index contributed by atoms with van der Waals surface area (Å²) in [5.41, 5.74) is 4.91. The second-order valence-corrected chi connectivity index (χ2v) is 6.41. The molecule has 0 nitrogen and oxygen atoms in total. The molecule has 88 valence electrons. The van der Waals surface area contributed by atoms with E-state index in [9.17, 15) is 0 Å². The van der Waals surface area contributed by atoms with Crippen LogP contribution in [0.3, 0.4) is 0 Å². The average molecular weight is 224 g/mol. The second kappa shape index (κ2) is 2.93. The average Bonchev–Trinajstić information content (AvgIpc) is 2.42. The highest BCUT2D eigenvalue weighted by Crippen LogP contribution is 2.54. The summed E-state index contributed by atoms with van der Waals surface area (Å²) in [6.45, 7) is 11.8. The normalized spacial score (nSPS) is 19.8. The lowest BCUT2D eigenvalue weighted by atomic mass is 9.66. The Hall–Kier alpha value is -1.30. The number of hydrogen-bond donors (Lipinski definition) is 0. The van der Waals surface area contributed by atoms with Gasteiger partial charge in [-0.3, -0.25) is 0 Å². The van der Waals surface area contributed by atoms with E-state index in [4.69, 9.17) is 0 Å². The standard InChI is InChI=1S/C17H20/c1-11-9-10-12-7-6-8-13-14(12)15(11)17(4,5)16(13,2)3/h6-10H,1-5H3. The molecule has 0 radical (unpaired) electrons. The van der Waals surface area contributed by atoms with Crippen molar-refractivity contribution in [1.29, 1.82) is 0 Å². The van der Waals surface area contributed by atoms with Crippen LogP contribution in [0.4, 0.5) is 0 Å². The molecule has 17 heavy (non-hydrogen) atoms. The molecule has 2 aromatic carbocycles. The summed E-state index contributed by atoms with van der Waals surface area (Å²) >= 11 is 0. The minimum atomic E-state index is 0.209. The van der Waals surface area contributed by atoms with Crippen LogP contribution in [0.25, 0.3) is 10.8 Å². The van der Waals surface area contributed by atoms with Crippen molar-refractivity contribution >= 4 is 10.8 Å². The molecule has 0 heteroatoms. The minimum absolute atomic E-state index is 0.209. The Morgan fingerprint density at radius 3 is 2.24 bits per heavy atom. The molecule has 0 aliphatic heterocycles. The summed E-state index contributed by atoms with van der Waals surface area (Å²) in [6, 6.07) is 11.3. The zero-order valence-corrected chi connectivity index (χ0v) is 11.4. The number of aryl methyl sites for hydroxylation is 1. The molecule has 0 aromatic heterocycles. The topological polar surface area (TPSA) is 0 Å². The Labute approximate surface area is 104 Å². The number of hydrogen-bond acceptors (Lipinski definition) is 0. The highest BCUT2D eigenvalue weighted by molar-refractivity contribution is 5.94. The van der Waals surface area contributed by atoms with Crippen molar-refractivity contribution in [1.82, 2.24) is 0 Å². The monoisotopic (exact) mass is 224 g/mol. The molecule has 2 aromatic rings. The smallest absolute Gasteiger partial charge is 0.000295 e. The predicted octanol–water partition coefficient (Wildman–Crippen LogP) is 4.72. The van der Waals surface area contributed by atoms with Crippen LogP contribution >= 0.6 is 0 Å². The zero-order chi connectivity index (χ0) is 12.4. The molecule has 0 heterocycles. The molecule has 0 fully saturated rings. The summed E-state index contributed by atoms with van der Waals surface area (Å²) < 4.78 is 0. The van der Waals surface area contributed by atoms with Gasteiger partial charge in [-0.1, -0.05) is 58.0 Å². The van der Waals surface area contributed by atoms with E-state index in [2.05, 4.69) is 65.0 Å². The van der Waals surface area contributed by atoms with Gasteiger partial charge in [-0.25, -0.2) is 0 Å². The summed E-state index contributed by atoms with van der Waals surface area (Å²) in [5.74, 6) is 0. The summed E-state index contributed by atoms with van der Waals surface area (Å²) in [4.78, 5) is 0. The largest absolute Gasteiger partial charge is 0.0613 e. The van der Waals surface area contributed by atoms with Crippen LogP contribution in [0.1, 0.15) is 44.4 Å². The molecule has 0 atom stereocenters. The lowest BCUT2D eigenvalue weighted by molar-refractivity contribution is 0.321. The first kappa shape index (κ1) is 10.8. The molecule has 0 saturated carbocycles. The van der Waals surface area contributed by atoms with Gasteiger partial charge in [-0.2, -0.15) is 0 Å². The lowest BCUT2D eigenvalue weighted by Crippen LogP contribution is -2.36. The predicted molar refractivity (Wildman–Crippen MR) is 74.7 cm³/mol. The molecule has 0 unspecified atom stereocenters. The minimum Gasteiger partial charge on any atom is -0.0613 e. The van der Waals surface area contributed by atoms with Gasteiger partial charge in [-0.15, -0.1) is 0 Å². The maximum atomic E-state index is 2.38. The van der Waals surface area contributed by atoms with Crippen molar-refractivity contribution in [2.75, 3.05) is 0 Å². The first-order valence-corrected chi connectivity index (χ1v) is 6.40. The fourth-order valence-corrected chi connectivity index (χ4v) is 3.46. The lowest BCUT2D eigenvalue weighted by Gasteiger charge is -2.37. The molecule has 1 aliphatic rings. The van der Waals surface area contributed by atoms with Gasteiger partial charge >= 0.3 is 0 Å². The fourth-order valence-electron chi connectivity index (χ4n) is 3.46. The van der Waals surface area contributed by atoms with Crippen LogP contribution in [-0.4, -0.2) is 0 Å². The maximum absolute atomic E-state index is 2.38. The van der Waals surface area contributed by atoms with Crippen molar-refractivity contribution in [3.63, 3.8) is 0 Å². The maximum Gasteiger partial charge on any atom is -0.000295 e. The summed E-state index contributed by atoms with van der Waals surface area (Å²) in [5, 5.41) is 2.89. The van der Waals surface area contributed by atoms with Crippen molar-refractivity contribution < 1.29 is 0 Å². The molecule has 0 saturated heterocycles. The van der Waals surface area contributed by atoms with E-state index >= 15 is 0 Å². The van der Waals surface area contributed by atoms with Crippen molar-refractivity contribution in [2.24, 2.45) is 0 Å². The van der Waals surface area contributed by atoms with E-state index in [1.54, 1.807) is 5.56 Å². The first-order chi connectivity index (χ1) is 7.87. The Morgan fingerprint density at radius 1 is 0.824 bits per heavy atom. The molecular formula is C17H20. The highest BCUT2D eigenvalue weighted by atomic mass is 14.5. The third-order valence-electron chi connectivity index (χ3n) is 5.11. The van der Waals surface area contributed by atoms with Crippen molar-refractivity contribution in [3.8, 4) is 0 Å². The molecule has 1 aliphatic carbocycles. The van der Waals surface area contributed by atoms with Crippen LogP contribution in [0.15, 0.2) is 30.3 Å². The summed E-state index contributed by atoms with van der Waals surface area (Å²) in [6.07, 6.45) is 0. The van der Waals surface area contributed by atoms with Gasteiger partial charge in [0.05, 0.1) is 0 Å². The number of benzene rings is 2. The van der Waals surface area contributed by atoms with Crippen LogP contribution in [0, 0.1) is 6.92 Å². The summed E-state index contributed by atoms with van der Waals surface area (Å²) in [7, 11) is 0. The van der Waals surface area contributed by atoms with Crippen LogP contribution < -0.4 is 0 Å². The Morgan fingerprint density at radius 2 is 1.53 bits per heavy atom. The van der Waals surface area contributed by atoms with E-state index < -0.39 is 0 Å². The van der Waals surface area contributed by atoms with E-state index in [0.717, 1.165) is 0 Å². The quantitative estimate of drug-likeness (QED) is 0.607. The van der Waals surface area contributed by atoms with Crippen LogP contribution in [0.2, 0.25) is 0 Å². The second-order valence-electron chi connectivity index (χ2n) is 6.41. The van der Waals surface area contributed by atoms with Gasteiger partial charge in [0.25, 0.3) is 0 Å². The Balaban J connectivity index is 2.58. The molecule has 0 spiro atoms. The Bertz CT molecular complexity index is 615. The third kappa shape index (κ3) is 1.09. The third-order valence-corrected chi connectivity index (χ3v) is 5.11. The molecule has 0 amide bonds. The first-order valence-electron chi connectivity index (χ1n) is 6.40. The van der Waals surface area contributed by atoms with Crippen molar-refractivity contribution in [2.45, 2.75) is 45.4 Å². The van der Waals surface area contributed by atoms with E-state index in [1.807, 2.05) is 0 Å². The van der Waals surface area contributed by atoms with E-state index in [0.29, 0.717) is 0 Å². The van der Waals surface area contributed by atoms with Gasteiger partial charge in [-0.05, 0) is 45.2 Å². The fraction of sp³-hybridized carbons (Fsp3) is 0.412. The highest BCUT2D eigenvalue weighted by Gasteiger charge is 2.47. The van der Waals surface area contributed by atoms with Crippen molar-refractivity contribution in [3.05, 3.63) is 47.0 Å². The van der Waals surface area contributed by atoms with Gasteiger partial charge < -0.3 is 0 Å². The molecule has 0 bridgehead atoms. The van der Waals surface area contributed by atoms with Gasteiger partial charge in [0.1, 0.15) is 0 Å². The van der Waals surface area contributed by atoms with E-state index in [1.165, 1.54) is 21.9 Å². The SMILES string of the molecule is Cc1ccc2cccc3c2c1C(C)(C)C3(C)C. The zero-order valence-electron chi connectivity index (χ0n) is 11.4. The number of rotatable bonds is 0. The Kier molecular flexibility index (Phi) is 1.86. The molecule has 3 rings (SSSR count).